The zero-order valence-corrected chi connectivity index (χ0v) is 14.8. The number of hydrogen-bond donors (Lipinski definition) is 2. The van der Waals surface area contributed by atoms with Crippen molar-refractivity contribution in [2.75, 3.05) is 13.7 Å². The molecule has 0 saturated heterocycles. The van der Waals surface area contributed by atoms with Crippen LogP contribution in [0.2, 0.25) is 0 Å². The third-order valence-corrected chi connectivity index (χ3v) is 4.57. The van der Waals surface area contributed by atoms with E-state index in [4.69, 9.17) is 4.74 Å². The Morgan fingerprint density at radius 3 is 2.96 bits per heavy atom. The number of rotatable bonds is 4. The summed E-state index contributed by atoms with van der Waals surface area (Å²) >= 11 is 3.30. The maximum atomic E-state index is 12.7. The summed E-state index contributed by atoms with van der Waals surface area (Å²) in [5.74, 6) is 1.13. The van der Waals surface area contributed by atoms with E-state index >= 15 is 0 Å². The van der Waals surface area contributed by atoms with Crippen LogP contribution in [-0.2, 0) is 6.54 Å². The molecule has 0 atom stereocenters. The molecule has 9 heteroatoms. The number of aromatic amines is 1. The summed E-state index contributed by atoms with van der Waals surface area (Å²) in [6.07, 6.45) is 1.69. The van der Waals surface area contributed by atoms with Crippen molar-refractivity contribution < 1.29 is 9.84 Å². The molecule has 0 fully saturated rings. The first-order valence-corrected chi connectivity index (χ1v) is 8.34. The zero-order chi connectivity index (χ0) is 17.6. The molecule has 1 aromatic carbocycles. The summed E-state index contributed by atoms with van der Waals surface area (Å²) in [6.45, 7) is 0.216. The van der Waals surface area contributed by atoms with Crippen molar-refractivity contribution in [3.8, 4) is 17.0 Å². The van der Waals surface area contributed by atoms with Crippen molar-refractivity contribution in [1.82, 2.24) is 23.9 Å². The number of halogens is 1. The van der Waals surface area contributed by atoms with Crippen LogP contribution in [0.5, 0.6) is 5.75 Å². The third kappa shape index (κ3) is 2.52. The molecular weight excluding hydrogens is 390 g/mol. The van der Waals surface area contributed by atoms with Crippen molar-refractivity contribution in [1.29, 1.82) is 0 Å². The number of aromatic nitrogens is 5. The summed E-state index contributed by atoms with van der Waals surface area (Å²) in [5, 5.41) is 9.21. The molecule has 3 aromatic heterocycles. The van der Waals surface area contributed by atoms with Crippen LogP contribution >= 0.6 is 15.9 Å². The van der Waals surface area contributed by atoms with Crippen LogP contribution < -0.4 is 10.3 Å². The van der Waals surface area contributed by atoms with Gasteiger partial charge in [-0.05, 0) is 28.1 Å². The van der Waals surface area contributed by atoms with Gasteiger partial charge in [-0.3, -0.25) is 4.79 Å². The Bertz CT molecular complexity index is 1140. The van der Waals surface area contributed by atoms with Crippen molar-refractivity contribution in [3.63, 3.8) is 0 Å². The number of fused-ring (bicyclic) bond motifs is 2. The van der Waals surface area contributed by atoms with Gasteiger partial charge < -0.3 is 19.4 Å². The maximum Gasteiger partial charge on any atom is 0.287 e. The molecule has 0 bridgehead atoms. The van der Waals surface area contributed by atoms with Crippen LogP contribution in [0.3, 0.4) is 0 Å². The predicted molar refractivity (Wildman–Crippen MR) is 95.9 cm³/mol. The monoisotopic (exact) mass is 403 g/mol. The summed E-state index contributed by atoms with van der Waals surface area (Å²) in [4.78, 5) is 24.6. The van der Waals surface area contributed by atoms with E-state index < -0.39 is 0 Å². The van der Waals surface area contributed by atoms with Crippen molar-refractivity contribution in [3.05, 3.63) is 45.5 Å². The van der Waals surface area contributed by atoms with E-state index in [1.807, 2.05) is 24.3 Å². The number of methoxy groups -OCH3 is 1. The molecule has 25 heavy (non-hydrogen) atoms. The highest BCUT2D eigenvalue weighted by Crippen LogP contribution is 2.23. The Morgan fingerprint density at radius 1 is 1.36 bits per heavy atom. The Morgan fingerprint density at radius 2 is 2.20 bits per heavy atom. The molecule has 0 saturated carbocycles. The highest BCUT2D eigenvalue weighted by molar-refractivity contribution is 9.10. The van der Waals surface area contributed by atoms with Gasteiger partial charge in [-0.2, -0.15) is 4.98 Å². The fraction of sp³-hybridized carbons (Fsp3) is 0.188. The fourth-order valence-corrected chi connectivity index (χ4v) is 3.29. The molecule has 0 aliphatic carbocycles. The van der Waals surface area contributed by atoms with Gasteiger partial charge in [-0.25, -0.2) is 9.38 Å². The van der Waals surface area contributed by atoms with Crippen LogP contribution in [-0.4, -0.2) is 42.7 Å². The zero-order valence-electron chi connectivity index (χ0n) is 13.2. The number of aliphatic hydroxyl groups is 1. The van der Waals surface area contributed by atoms with E-state index in [-0.39, 0.29) is 17.7 Å². The van der Waals surface area contributed by atoms with Crippen LogP contribution in [0.1, 0.15) is 0 Å². The van der Waals surface area contributed by atoms with E-state index in [0.717, 1.165) is 17.0 Å². The minimum atomic E-state index is -0.275. The molecule has 3 heterocycles. The largest absolute Gasteiger partial charge is 0.497 e. The number of imidazole rings is 2. The Balaban J connectivity index is 1.95. The van der Waals surface area contributed by atoms with E-state index in [1.165, 1.54) is 4.40 Å². The van der Waals surface area contributed by atoms with Gasteiger partial charge >= 0.3 is 0 Å². The Hall–Kier alpha value is -2.65. The molecule has 128 valence electrons. The normalized spacial score (nSPS) is 11.5. The van der Waals surface area contributed by atoms with Crippen molar-refractivity contribution >= 4 is 32.9 Å². The molecule has 2 N–H and O–H groups in total. The first-order valence-electron chi connectivity index (χ1n) is 7.55. The van der Waals surface area contributed by atoms with E-state index in [0.29, 0.717) is 22.7 Å². The summed E-state index contributed by atoms with van der Waals surface area (Å²) in [7, 11) is 1.60. The quantitative estimate of drug-likeness (QED) is 0.506. The number of nitrogens with one attached hydrogen (secondary N) is 1. The van der Waals surface area contributed by atoms with E-state index in [9.17, 15) is 9.90 Å². The smallest absolute Gasteiger partial charge is 0.287 e. The number of benzene rings is 1. The summed E-state index contributed by atoms with van der Waals surface area (Å²) in [5.41, 5.74) is 2.01. The predicted octanol–water partition coefficient (Wildman–Crippen LogP) is 1.80. The molecule has 0 radical (unpaired) electrons. The number of nitrogens with zero attached hydrogens (tertiary/aromatic N) is 4. The maximum absolute atomic E-state index is 12.7. The standard InChI is InChI=1S/C16H14BrN5O3/c1-25-10-4-2-3-9(7-10)11-8-22-14(24)12-13(20-16(22)18-11)21(5-6-23)15(17)19-12/h2-4,7-8,23H,5-6H2,1H3,(H,18,20). The van der Waals surface area contributed by atoms with Gasteiger partial charge in [0.2, 0.25) is 5.78 Å². The molecule has 0 aliphatic rings. The number of ether oxygens (including phenoxy) is 1. The lowest BCUT2D eigenvalue weighted by molar-refractivity contribution is 0.276. The fourth-order valence-electron chi connectivity index (χ4n) is 2.76. The second-order valence-corrected chi connectivity index (χ2v) is 6.15. The van der Waals surface area contributed by atoms with Gasteiger partial charge in [0.1, 0.15) is 5.75 Å². The van der Waals surface area contributed by atoms with E-state index in [1.54, 1.807) is 17.9 Å². The molecule has 0 amide bonds. The minimum absolute atomic E-state index is 0.0785. The van der Waals surface area contributed by atoms with Gasteiger partial charge in [0.05, 0.1) is 19.4 Å². The highest BCUT2D eigenvalue weighted by atomic mass is 79.9. The lowest BCUT2D eigenvalue weighted by Gasteiger charge is -2.01. The van der Waals surface area contributed by atoms with Crippen LogP contribution in [0.4, 0.5) is 0 Å². The SMILES string of the molecule is COc1cccc(-c2cn3c(=O)c4nc(Br)n(CCO)c4nc3[nH]2)c1. The van der Waals surface area contributed by atoms with Crippen LogP contribution in [0.25, 0.3) is 28.2 Å². The van der Waals surface area contributed by atoms with Gasteiger partial charge in [-0.15, -0.1) is 0 Å². The lowest BCUT2D eigenvalue weighted by Crippen LogP contribution is -2.14. The Kier molecular flexibility index (Phi) is 3.81. The van der Waals surface area contributed by atoms with Gasteiger partial charge in [0.15, 0.2) is 15.9 Å². The van der Waals surface area contributed by atoms with Crippen molar-refractivity contribution in [2.45, 2.75) is 6.54 Å². The van der Waals surface area contributed by atoms with Gasteiger partial charge in [-0.1, -0.05) is 12.1 Å². The average molecular weight is 404 g/mol. The molecule has 4 aromatic rings. The van der Waals surface area contributed by atoms with Crippen LogP contribution in [0.15, 0.2) is 40.0 Å². The molecule has 0 unspecified atom stereocenters. The first-order chi connectivity index (χ1) is 12.1. The highest BCUT2D eigenvalue weighted by Gasteiger charge is 2.17. The number of hydrogen-bond acceptors (Lipinski definition) is 5. The number of H-pyrrole nitrogens is 1. The lowest BCUT2D eigenvalue weighted by atomic mass is 10.1. The third-order valence-electron chi connectivity index (χ3n) is 3.96. The van der Waals surface area contributed by atoms with Crippen LogP contribution in [0, 0.1) is 0 Å². The summed E-state index contributed by atoms with van der Waals surface area (Å²) in [6, 6.07) is 7.51. The second kappa shape index (κ2) is 6.01. The van der Waals surface area contributed by atoms with Gasteiger partial charge in [0, 0.05) is 18.3 Å². The Labute approximate surface area is 149 Å². The van der Waals surface area contributed by atoms with Gasteiger partial charge in [0.25, 0.3) is 5.56 Å². The average Bonchev–Trinajstić information content (AvgIpc) is 3.19. The summed E-state index contributed by atoms with van der Waals surface area (Å²) < 4.78 is 8.79. The molecule has 0 spiro atoms. The number of aliphatic hydroxyl groups excluding tert-OH is 1. The first kappa shape index (κ1) is 15.9. The van der Waals surface area contributed by atoms with E-state index in [2.05, 4.69) is 30.9 Å². The minimum Gasteiger partial charge on any atom is -0.497 e. The van der Waals surface area contributed by atoms with Crippen molar-refractivity contribution in [2.24, 2.45) is 0 Å². The molecule has 8 nitrogen and oxygen atoms in total. The molecule has 0 aliphatic heterocycles. The topological polar surface area (TPSA) is 97.4 Å². The second-order valence-electron chi connectivity index (χ2n) is 5.44. The molecular formula is C16H14BrN5O3. The molecule has 4 rings (SSSR count).